The van der Waals surface area contributed by atoms with Gasteiger partial charge in [0.1, 0.15) is 18.1 Å². The molecule has 0 saturated carbocycles. The molecule has 1 amide bonds. The second-order valence-electron chi connectivity index (χ2n) is 7.91. The van der Waals surface area contributed by atoms with Crippen molar-refractivity contribution >= 4 is 11.8 Å². The van der Waals surface area contributed by atoms with Crippen LogP contribution in [0.15, 0.2) is 54.5 Å². The van der Waals surface area contributed by atoms with Gasteiger partial charge in [-0.05, 0) is 17.2 Å². The monoisotopic (exact) mass is 414 g/mol. The Labute approximate surface area is 173 Å². The van der Waals surface area contributed by atoms with Crippen molar-refractivity contribution in [3.8, 4) is 0 Å². The maximum Gasteiger partial charge on any atom is 0.360 e. The van der Waals surface area contributed by atoms with Gasteiger partial charge in [-0.3, -0.25) is 9.80 Å². The van der Waals surface area contributed by atoms with E-state index in [1.165, 1.54) is 11.1 Å². The summed E-state index contributed by atoms with van der Waals surface area (Å²) in [4.78, 5) is 25.1. The highest BCUT2D eigenvalue weighted by molar-refractivity contribution is 5.82. The molecule has 0 bridgehead atoms. The fourth-order valence-electron chi connectivity index (χ4n) is 4.21. The van der Waals surface area contributed by atoms with Gasteiger partial charge in [0.15, 0.2) is 0 Å². The third-order valence-corrected chi connectivity index (χ3v) is 5.80. The molecule has 0 spiro atoms. The summed E-state index contributed by atoms with van der Waals surface area (Å²) in [5.41, 5.74) is 4.95. The van der Waals surface area contributed by atoms with Crippen molar-refractivity contribution in [3.63, 3.8) is 0 Å². The predicted octanol–water partition coefficient (Wildman–Crippen LogP) is 3.44. The average molecular weight is 414 g/mol. The van der Waals surface area contributed by atoms with Crippen LogP contribution in [-0.2, 0) is 11.2 Å². The first-order valence-electron chi connectivity index (χ1n) is 10.1. The molecule has 1 aliphatic carbocycles. The summed E-state index contributed by atoms with van der Waals surface area (Å²) in [6.07, 6.45) is 2.14. The highest BCUT2D eigenvalue weighted by Crippen LogP contribution is 2.38. The fraction of sp³-hybridized carbons (Fsp3) is 0.409. The number of hydrazine groups is 1. The number of fused-ring (bicyclic) bond motifs is 1. The first kappa shape index (κ1) is 20.3. The lowest BCUT2D eigenvalue weighted by molar-refractivity contribution is -0.123. The van der Waals surface area contributed by atoms with Crippen LogP contribution in [0.5, 0.6) is 0 Å². The summed E-state index contributed by atoms with van der Waals surface area (Å²) >= 11 is 0. The van der Waals surface area contributed by atoms with Crippen molar-refractivity contribution in [1.29, 1.82) is 0 Å². The molecule has 6 nitrogen and oxygen atoms in total. The van der Waals surface area contributed by atoms with Crippen LogP contribution >= 0.6 is 0 Å². The predicted molar refractivity (Wildman–Crippen MR) is 107 cm³/mol. The zero-order valence-electron chi connectivity index (χ0n) is 16.7. The molecule has 1 N–H and O–H groups in total. The van der Waals surface area contributed by atoms with Crippen molar-refractivity contribution in [2.45, 2.75) is 38.5 Å². The molecular formula is C22H24F2N4O2. The molecule has 0 radical (unpaired) electrons. The zero-order valence-corrected chi connectivity index (χ0v) is 16.7. The van der Waals surface area contributed by atoms with E-state index in [1.807, 2.05) is 30.3 Å². The molecule has 8 heteroatoms. The van der Waals surface area contributed by atoms with Gasteiger partial charge in [0, 0.05) is 49.5 Å². The number of amides is 1. The lowest BCUT2D eigenvalue weighted by Crippen LogP contribution is -2.48. The molecule has 1 aromatic carbocycles. The quantitative estimate of drug-likeness (QED) is 0.836. The maximum absolute atomic E-state index is 14.6. The number of hydrogen-bond donors (Lipinski definition) is 1. The molecule has 2 aromatic rings. The minimum absolute atomic E-state index is 0.0909. The maximum atomic E-state index is 14.6. The lowest BCUT2D eigenvalue weighted by atomic mass is 9.79. The van der Waals surface area contributed by atoms with Gasteiger partial charge in [0.2, 0.25) is 0 Å². The Morgan fingerprint density at radius 2 is 2.00 bits per heavy atom. The van der Waals surface area contributed by atoms with Crippen LogP contribution in [0, 0.1) is 11.8 Å². The largest absolute Gasteiger partial charge is 0.360 e. The van der Waals surface area contributed by atoms with Gasteiger partial charge in [-0.25, -0.2) is 19.0 Å². The SMILES string of the molecule is C[C@@H]1C(=O)CCN(NC(=O)n2cc(Cc3ccccc3)cn2)C2=C[C@@H](F)C[C@H](F)[C@H]21. The number of aromatic nitrogens is 2. The third kappa shape index (κ3) is 4.13. The second-order valence-corrected chi connectivity index (χ2v) is 7.91. The first-order valence-corrected chi connectivity index (χ1v) is 10.1. The molecule has 4 rings (SSSR count). The van der Waals surface area contributed by atoms with Crippen LogP contribution in [0.25, 0.3) is 0 Å². The number of alkyl halides is 2. The Hall–Kier alpha value is -3.03. The topological polar surface area (TPSA) is 67.2 Å². The van der Waals surface area contributed by atoms with Crippen molar-refractivity contribution in [3.05, 3.63) is 65.6 Å². The number of allylic oxidation sites excluding steroid dienone is 2. The number of carbonyl (C=O) groups is 2. The highest BCUT2D eigenvalue weighted by atomic mass is 19.1. The fourth-order valence-corrected chi connectivity index (χ4v) is 4.21. The molecule has 1 saturated heterocycles. The molecule has 158 valence electrons. The smallest absolute Gasteiger partial charge is 0.299 e. The minimum atomic E-state index is -1.47. The summed E-state index contributed by atoms with van der Waals surface area (Å²) in [5, 5.41) is 5.52. The third-order valence-electron chi connectivity index (χ3n) is 5.80. The molecule has 4 atom stereocenters. The van der Waals surface area contributed by atoms with Gasteiger partial charge < -0.3 is 0 Å². The number of Topliss-reactive ketones (excluding diaryl/α,β-unsaturated/α-hetero) is 1. The van der Waals surface area contributed by atoms with Gasteiger partial charge in [-0.2, -0.15) is 9.78 Å². The zero-order chi connectivity index (χ0) is 21.3. The van der Waals surface area contributed by atoms with Gasteiger partial charge >= 0.3 is 6.03 Å². The number of rotatable bonds is 3. The standard InChI is InChI=1S/C22H24F2N4O2/c1-14-20(29)7-8-27(19-11-17(23)10-18(24)21(14)19)26-22(30)28-13-16(12-25-28)9-15-5-3-2-4-6-15/h2-6,11-14,17-18,21H,7-10H2,1H3,(H,26,30)/t14-,17+,18+,21-/m1/s1. The Bertz CT molecular complexity index is 959. The van der Waals surface area contributed by atoms with E-state index in [1.54, 1.807) is 19.3 Å². The molecule has 2 heterocycles. The van der Waals surface area contributed by atoms with Gasteiger partial charge in [0.25, 0.3) is 0 Å². The highest BCUT2D eigenvalue weighted by Gasteiger charge is 2.43. The Balaban J connectivity index is 1.51. The summed E-state index contributed by atoms with van der Waals surface area (Å²) in [5.74, 6) is -1.42. The number of nitrogens with one attached hydrogen (secondary N) is 1. The molecule has 0 unspecified atom stereocenters. The summed E-state index contributed by atoms with van der Waals surface area (Å²) in [7, 11) is 0. The first-order chi connectivity index (χ1) is 14.4. The van der Waals surface area contributed by atoms with Crippen LogP contribution in [0.2, 0.25) is 0 Å². The summed E-state index contributed by atoms with van der Waals surface area (Å²) in [6, 6.07) is 9.25. The van der Waals surface area contributed by atoms with E-state index in [0.717, 1.165) is 15.8 Å². The molecule has 2 aliphatic rings. The number of ketones is 1. The van der Waals surface area contributed by atoms with E-state index in [0.29, 0.717) is 12.1 Å². The summed E-state index contributed by atoms with van der Waals surface area (Å²) < 4.78 is 29.8. The molecule has 1 aliphatic heterocycles. The Morgan fingerprint density at radius 3 is 2.77 bits per heavy atom. The van der Waals surface area contributed by atoms with Crippen LogP contribution in [0.1, 0.15) is 30.9 Å². The lowest BCUT2D eigenvalue weighted by Gasteiger charge is -2.36. The number of hydrogen-bond acceptors (Lipinski definition) is 4. The van der Waals surface area contributed by atoms with Crippen LogP contribution < -0.4 is 5.43 Å². The van der Waals surface area contributed by atoms with E-state index >= 15 is 0 Å². The van der Waals surface area contributed by atoms with Crippen molar-refractivity contribution in [2.24, 2.45) is 11.8 Å². The van der Waals surface area contributed by atoms with Crippen molar-refractivity contribution in [2.75, 3.05) is 6.54 Å². The minimum Gasteiger partial charge on any atom is -0.299 e. The van der Waals surface area contributed by atoms with Crippen molar-refractivity contribution in [1.82, 2.24) is 20.2 Å². The molecule has 1 aromatic heterocycles. The second kappa shape index (κ2) is 8.38. The normalized spacial score (nSPS) is 26.6. The van der Waals surface area contributed by atoms with Crippen molar-refractivity contribution < 1.29 is 18.4 Å². The van der Waals surface area contributed by atoms with Gasteiger partial charge in [-0.1, -0.05) is 37.3 Å². The number of benzene rings is 1. The van der Waals surface area contributed by atoms with Gasteiger partial charge in [-0.15, -0.1) is 0 Å². The van der Waals surface area contributed by atoms with Crippen LogP contribution in [0.4, 0.5) is 13.6 Å². The molecular weight excluding hydrogens is 390 g/mol. The number of nitrogens with zero attached hydrogens (tertiary/aromatic N) is 3. The van der Waals surface area contributed by atoms with Crippen LogP contribution in [0.3, 0.4) is 0 Å². The number of halogens is 2. The molecule has 30 heavy (non-hydrogen) atoms. The van der Waals surface area contributed by atoms with E-state index < -0.39 is 30.2 Å². The van der Waals surface area contributed by atoms with E-state index in [-0.39, 0.29) is 25.2 Å². The van der Waals surface area contributed by atoms with E-state index in [9.17, 15) is 18.4 Å². The van der Waals surface area contributed by atoms with Gasteiger partial charge in [0.05, 0.1) is 6.20 Å². The van der Waals surface area contributed by atoms with E-state index in [2.05, 4.69) is 10.5 Å². The van der Waals surface area contributed by atoms with E-state index in [4.69, 9.17) is 0 Å². The number of carbonyl (C=O) groups excluding carboxylic acids is 2. The average Bonchev–Trinajstić information content (AvgIpc) is 3.15. The Kier molecular flexibility index (Phi) is 5.65. The summed E-state index contributed by atoms with van der Waals surface area (Å²) in [6.45, 7) is 1.83. The Morgan fingerprint density at radius 1 is 1.23 bits per heavy atom. The van der Waals surface area contributed by atoms with Crippen LogP contribution in [-0.4, -0.2) is 45.5 Å². The molecule has 1 fully saturated rings.